The van der Waals surface area contributed by atoms with E-state index in [2.05, 4.69) is 0 Å². The summed E-state index contributed by atoms with van der Waals surface area (Å²) in [5.74, 6) is -1.66. The fourth-order valence-electron chi connectivity index (χ4n) is 3.65. The van der Waals surface area contributed by atoms with E-state index in [0.29, 0.717) is 0 Å². The molecule has 8 nitrogen and oxygen atoms in total. The van der Waals surface area contributed by atoms with Gasteiger partial charge in [-0.15, -0.1) is 0 Å². The number of hydrogen-bond acceptors (Lipinski definition) is 5. The summed E-state index contributed by atoms with van der Waals surface area (Å²) in [6.07, 6.45) is 0. The third-order valence-corrected chi connectivity index (χ3v) is 5.12. The van der Waals surface area contributed by atoms with Crippen LogP contribution in [-0.4, -0.2) is 77.8 Å². The fraction of sp³-hybridized carbons (Fsp3) is 0.529. The average Bonchev–Trinajstić information content (AvgIpc) is 2.97. The zero-order valence-corrected chi connectivity index (χ0v) is 14.9. The molecule has 2 fully saturated rings. The van der Waals surface area contributed by atoms with Gasteiger partial charge in [0, 0.05) is 30.8 Å². The number of ether oxygens (including phenoxy) is 1. The Bertz CT molecular complexity index is 820. The number of amides is 2. The van der Waals surface area contributed by atoms with Gasteiger partial charge in [0.2, 0.25) is 5.67 Å². The van der Waals surface area contributed by atoms with Gasteiger partial charge in [0.05, 0.1) is 31.2 Å². The summed E-state index contributed by atoms with van der Waals surface area (Å²) in [5.41, 5.74) is -5.11. The molecule has 2 aliphatic rings. The van der Waals surface area contributed by atoms with Crippen LogP contribution in [0.2, 0.25) is 0 Å². The molecule has 0 radical (unpaired) electrons. The van der Waals surface area contributed by atoms with E-state index >= 15 is 8.78 Å². The summed E-state index contributed by atoms with van der Waals surface area (Å²) in [4.78, 5) is 37.3. The minimum Gasteiger partial charge on any atom is -0.383 e. The minimum atomic E-state index is -2.80. The molecule has 0 N–H and O–H groups in total. The summed E-state index contributed by atoms with van der Waals surface area (Å²) in [7, 11) is 1.42. The standard InChI is InChI=1S/C17H19F2N3O5/c1-11-7-12(3-4-13(11)22(25)26)14(23)21-9-16(18)8-20(5-6-27-2)15(24)17(16,19)10-21/h3-4,7H,5-6,8-10H2,1-2H3/t16-,17-/m1/s1. The van der Waals surface area contributed by atoms with E-state index in [-0.39, 0.29) is 30.0 Å². The normalized spacial score (nSPS) is 27.2. The lowest BCUT2D eigenvalue weighted by atomic mass is 9.93. The zero-order chi connectivity index (χ0) is 20.0. The lowest BCUT2D eigenvalue weighted by Gasteiger charge is -2.22. The molecular formula is C17H19F2N3O5. The highest BCUT2D eigenvalue weighted by molar-refractivity contribution is 5.98. The van der Waals surface area contributed by atoms with Crippen molar-refractivity contribution in [1.29, 1.82) is 0 Å². The number of fused-ring (bicyclic) bond motifs is 1. The number of alkyl halides is 2. The summed E-state index contributed by atoms with van der Waals surface area (Å²) in [6, 6.07) is 3.72. The highest BCUT2D eigenvalue weighted by Crippen LogP contribution is 2.45. The summed E-state index contributed by atoms with van der Waals surface area (Å²) >= 11 is 0. The molecule has 0 bridgehead atoms. The van der Waals surface area contributed by atoms with Gasteiger partial charge in [-0.05, 0) is 19.1 Å². The predicted octanol–water partition coefficient (Wildman–Crippen LogP) is 1.26. The second-order valence-corrected chi connectivity index (χ2v) is 6.91. The SMILES string of the molecule is COCCN1C[C@@]2(F)CN(C(=O)c3ccc([N+](=O)[O-])c(C)c3)C[C@@]2(F)C1=O. The monoisotopic (exact) mass is 383 g/mol. The molecule has 1 aromatic rings. The van der Waals surface area contributed by atoms with Crippen molar-refractivity contribution in [2.75, 3.05) is 39.9 Å². The number of nitrogens with zero attached hydrogens (tertiary/aromatic N) is 3. The quantitative estimate of drug-likeness (QED) is 0.564. The molecule has 1 aromatic carbocycles. The van der Waals surface area contributed by atoms with E-state index in [1.165, 1.54) is 32.2 Å². The number of carbonyl (C=O) groups excluding carboxylic acids is 2. The van der Waals surface area contributed by atoms with Crippen LogP contribution in [0.25, 0.3) is 0 Å². The van der Waals surface area contributed by atoms with Crippen LogP contribution in [0.4, 0.5) is 14.5 Å². The lowest BCUT2D eigenvalue weighted by Crippen LogP contribution is -2.47. The second-order valence-electron chi connectivity index (χ2n) is 6.91. The number of benzene rings is 1. The Morgan fingerprint density at radius 1 is 1.33 bits per heavy atom. The molecule has 27 heavy (non-hydrogen) atoms. The Morgan fingerprint density at radius 3 is 2.59 bits per heavy atom. The Balaban J connectivity index is 1.80. The topological polar surface area (TPSA) is 93.0 Å². The third kappa shape index (κ3) is 2.93. The van der Waals surface area contributed by atoms with Gasteiger partial charge >= 0.3 is 0 Å². The van der Waals surface area contributed by atoms with Crippen molar-refractivity contribution < 1.29 is 28.0 Å². The van der Waals surface area contributed by atoms with Crippen LogP contribution in [0.15, 0.2) is 18.2 Å². The maximum Gasteiger partial charge on any atom is 0.272 e. The number of nitro benzene ring substituents is 1. The second kappa shape index (κ2) is 6.52. The number of carbonyl (C=O) groups is 2. The van der Waals surface area contributed by atoms with E-state index in [0.717, 1.165) is 9.80 Å². The van der Waals surface area contributed by atoms with Crippen molar-refractivity contribution in [1.82, 2.24) is 9.80 Å². The molecule has 0 unspecified atom stereocenters. The Labute approximate surface area is 153 Å². The number of halogens is 2. The molecule has 2 aliphatic heterocycles. The van der Waals surface area contributed by atoms with Crippen LogP contribution >= 0.6 is 0 Å². The van der Waals surface area contributed by atoms with Gasteiger partial charge in [0.15, 0.2) is 5.67 Å². The van der Waals surface area contributed by atoms with E-state index in [1.807, 2.05) is 0 Å². The van der Waals surface area contributed by atoms with Crippen LogP contribution in [0.1, 0.15) is 15.9 Å². The molecule has 2 heterocycles. The Kier molecular flexibility index (Phi) is 4.62. The van der Waals surface area contributed by atoms with Gasteiger partial charge in [-0.2, -0.15) is 0 Å². The average molecular weight is 383 g/mol. The van der Waals surface area contributed by atoms with Crippen molar-refractivity contribution >= 4 is 17.5 Å². The largest absolute Gasteiger partial charge is 0.383 e. The van der Waals surface area contributed by atoms with Gasteiger partial charge in [-0.25, -0.2) is 8.78 Å². The fourth-order valence-corrected chi connectivity index (χ4v) is 3.65. The van der Waals surface area contributed by atoms with Gasteiger partial charge in [-0.1, -0.05) is 0 Å². The van der Waals surface area contributed by atoms with Crippen LogP contribution in [0.3, 0.4) is 0 Å². The van der Waals surface area contributed by atoms with Gasteiger partial charge in [0.25, 0.3) is 17.5 Å². The molecule has 3 rings (SSSR count). The predicted molar refractivity (Wildman–Crippen MR) is 89.9 cm³/mol. The van der Waals surface area contributed by atoms with E-state index in [1.54, 1.807) is 0 Å². The molecule has 10 heteroatoms. The number of methoxy groups -OCH3 is 1. The molecule has 2 atom stereocenters. The van der Waals surface area contributed by atoms with Crippen molar-refractivity contribution in [2.45, 2.75) is 18.3 Å². The molecule has 0 saturated carbocycles. The van der Waals surface area contributed by atoms with Gasteiger partial charge < -0.3 is 14.5 Å². The summed E-state index contributed by atoms with van der Waals surface area (Å²) < 4.78 is 35.3. The van der Waals surface area contributed by atoms with E-state index in [9.17, 15) is 19.7 Å². The smallest absolute Gasteiger partial charge is 0.272 e. The molecule has 2 amide bonds. The van der Waals surface area contributed by atoms with Crippen molar-refractivity contribution in [3.05, 3.63) is 39.4 Å². The highest BCUT2D eigenvalue weighted by atomic mass is 19.2. The van der Waals surface area contributed by atoms with Crippen molar-refractivity contribution in [3.8, 4) is 0 Å². The third-order valence-electron chi connectivity index (χ3n) is 5.12. The molecule has 2 saturated heterocycles. The highest BCUT2D eigenvalue weighted by Gasteiger charge is 2.71. The van der Waals surface area contributed by atoms with Crippen LogP contribution in [-0.2, 0) is 9.53 Å². The van der Waals surface area contributed by atoms with Gasteiger partial charge in [-0.3, -0.25) is 19.7 Å². The zero-order valence-electron chi connectivity index (χ0n) is 14.9. The molecule has 0 aromatic heterocycles. The molecular weight excluding hydrogens is 364 g/mol. The van der Waals surface area contributed by atoms with Gasteiger partial charge in [0.1, 0.15) is 0 Å². The minimum absolute atomic E-state index is 0.0716. The first-order valence-corrected chi connectivity index (χ1v) is 8.33. The maximum absolute atomic E-state index is 15.2. The first-order valence-electron chi connectivity index (χ1n) is 8.33. The molecule has 146 valence electrons. The molecule has 0 spiro atoms. The Hall–Kier alpha value is -2.62. The first-order chi connectivity index (χ1) is 12.6. The molecule has 0 aliphatic carbocycles. The number of rotatable bonds is 5. The van der Waals surface area contributed by atoms with Crippen LogP contribution < -0.4 is 0 Å². The lowest BCUT2D eigenvalue weighted by molar-refractivity contribution is -0.385. The van der Waals surface area contributed by atoms with Crippen molar-refractivity contribution in [2.24, 2.45) is 0 Å². The summed E-state index contributed by atoms with van der Waals surface area (Å²) in [5, 5.41) is 10.9. The number of nitro groups is 1. The number of hydrogen-bond donors (Lipinski definition) is 0. The number of aryl methyl sites for hydroxylation is 1. The maximum atomic E-state index is 15.2. The van der Waals surface area contributed by atoms with Crippen LogP contribution in [0.5, 0.6) is 0 Å². The Morgan fingerprint density at radius 2 is 2.04 bits per heavy atom. The van der Waals surface area contributed by atoms with Crippen LogP contribution in [0, 0.1) is 17.0 Å². The van der Waals surface area contributed by atoms with E-state index < -0.39 is 47.7 Å². The van der Waals surface area contributed by atoms with E-state index in [4.69, 9.17) is 4.74 Å². The van der Waals surface area contributed by atoms with Crippen molar-refractivity contribution in [3.63, 3.8) is 0 Å². The number of likely N-dealkylation sites (tertiary alicyclic amines) is 2. The summed E-state index contributed by atoms with van der Waals surface area (Å²) in [6.45, 7) is -0.00799. The first kappa shape index (κ1) is 19.2.